The summed E-state index contributed by atoms with van der Waals surface area (Å²) in [6.07, 6.45) is 6.09. The quantitative estimate of drug-likeness (QED) is 0.786. The number of carbonyl (C=O) groups excluding carboxylic acids is 1. The molecule has 0 radical (unpaired) electrons. The molecule has 0 atom stereocenters. The molecule has 2 rings (SSSR count). The molecule has 0 spiro atoms. The molecular formula is C17H21ClN4O2. The van der Waals surface area contributed by atoms with Crippen LogP contribution in [0.2, 0.25) is 5.15 Å². The predicted molar refractivity (Wildman–Crippen MR) is 94.6 cm³/mol. The molecule has 0 aliphatic heterocycles. The van der Waals surface area contributed by atoms with E-state index in [9.17, 15) is 9.90 Å². The summed E-state index contributed by atoms with van der Waals surface area (Å²) in [5.41, 5.74) is 2.57. The number of aromatic nitrogens is 3. The normalized spacial score (nSPS) is 11.4. The van der Waals surface area contributed by atoms with Crippen molar-refractivity contribution in [2.45, 2.75) is 33.9 Å². The Bertz CT molecular complexity index is 753. The Balaban J connectivity index is 2.13. The van der Waals surface area contributed by atoms with Gasteiger partial charge in [-0.3, -0.25) is 14.5 Å². The third-order valence-corrected chi connectivity index (χ3v) is 3.79. The van der Waals surface area contributed by atoms with Gasteiger partial charge in [0.1, 0.15) is 5.15 Å². The first-order chi connectivity index (χ1) is 11.4. The summed E-state index contributed by atoms with van der Waals surface area (Å²) in [6, 6.07) is 1.65. The molecule has 2 aromatic rings. The van der Waals surface area contributed by atoms with Gasteiger partial charge < -0.3 is 10.4 Å². The fourth-order valence-corrected chi connectivity index (χ4v) is 2.54. The number of anilines is 1. The van der Waals surface area contributed by atoms with E-state index in [1.54, 1.807) is 23.0 Å². The first-order valence-electron chi connectivity index (χ1n) is 7.68. The van der Waals surface area contributed by atoms with E-state index in [0.29, 0.717) is 22.3 Å². The SMILES string of the molecule is Cc1nn(CC(C)C)c(Cl)c1/C=C/C(=O)Nc1cnccc1CO. The number of aliphatic hydroxyl groups excluding tert-OH is 1. The van der Waals surface area contributed by atoms with Crippen LogP contribution in [0.3, 0.4) is 0 Å². The number of nitrogens with one attached hydrogen (secondary N) is 1. The molecule has 0 fully saturated rings. The highest BCUT2D eigenvalue weighted by Gasteiger charge is 2.12. The Morgan fingerprint density at radius 3 is 2.92 bits per heavy atom. The van der Waals surface area contributed by atoms with Gasteiger partial charge in [0.2, 0.25) is 5.91 Å². The Hall–Kier alpha value is -2.18. The van der Waals surface area contributed by atoms with Crippen molar-refractivity contribution in [3.05, 3.63) is 46.5 Å². The summed E-state index contributed by atoms with van der Waals surface area (Å²) in [4.78, 5) is 16.0. The third-order valence-electron chi connectivity index (χ3n) is 3.39. The van der Waals surface area contributed by atoms with Crippen LogP contribution < -0.4 is 5.32 Å². The number of amides is 1. The van der Waals surface area contributed by atoms with Crippen molar-refractivity contribution in [1.82, 2.24) is 14.8 Å². The lowest BCUT2D eigenvalue weighted by Gasteiger charge is -2.06. The maximum atomic E-state index is 12.1. The van der Waals surface area contributed by atoms with Gasteiger partial charge in [-0.25, -0.2) is 0 Å². The monoisotopic (exact) mass is 348 g/mol. The summed E-state index contributed by atoms with van der Waals surface area (Å²) in [5.74, 6) is 0.0918. The number of aryl methyl sites for hydroxylation is 1. The molecule has 2 N–H and O–H groups in total. The average molecular weight is 349 g/mol. The maximum absolute atomic E-state index is 12.1. The number of carbonyl (C=O) groups is 1. The van der Waals surface area contributed by atoms with E-state index in [2.05, 4.69) is 29.2 Å². The predicted octanol–water partition coefficient (Wildman–Crippen LogP) is 3.04. The highest BCUT2D eigenvalue weighted by molar-refractivity contribution is 6.31. The maximum Gasteiger partial charge on any atom is 0.248 e. The third kappa shape index (κ3) is 4.43. The van der Waals surface area contributed by atoms with Crippen LogP contribution in [0.5, 0.6) is 0 Å². The molecule has 0 aliphatic rings. The summed E-state index contributed by atoms with van der Waals surface area (Å²) in [5, 5.41) is 16.9. The van der Waals surface area contributed by atoms with Gasteiger partial charge in [0, 0.05) is 29.9 Å². The average Bonchev–Trinajstić information content (AvgIpc) is 2.79. The van der Waals surface area contributed by atoms with Crippen molar-refractivity contribution >= 4 is 29.3 Å². The number of halogens is 1. The zero-order chi connectivity index (χ0) is 17.7. The van der Waals surface area contributed by atoms with Gasteiger partial charge in [-0.2, -0.15) is 5.10 Å². The van der Waals surface area contributed by atoms with Crippen molar-refractivity contribution in [2.75, 3.05) is 5.32 Å². The van der Waals surface area contributed by atoms with Crippen molar-refractivity contribution in [1.29, 1.82) is 0 Å². The van der Waals surface area contributed by atoms with Crippen LogP contribution in [0.4, 0.5) is 5.69 Å². The minimum Gasteiger partial charge on any atom is -0.392 e. The molecule has 0 aromatic carbocycles. The Kier molecular flexibility index (Phi) is 6.11. The first kappa shape index (κ1) is 18.2. The number of hydrogen-bond acceptors (Lipinski definition) is 4. The van der Waals surface area contributed by atoms with Crippen molar-refractivity contribution in [3.8, 4) is 0 Å². The zero-order valence-electron chi connectivity index (χ0n) is 14.0. The molecule has 0 saturated heterocycles. The van der Waals surface area contributed by atoms with Crippen LogP contribution in [-0.4, -0.2) is 25.8 Å². The smallest absolute Gasteiger partial charge is 0.248 e. The standard InChI is InChI=1S/C17H21ClN4O2/c1-11(2)9-22-17(18)14(12(3)21-22)4-5-16(24)20-15-8-19-7-6-13(15)10-23/h4-8,11,23H,9-10H2,1-3H3,(H,20,24)/b5-4+. The summed E-state index contributed by atoms with van der Waals surface area (Å²) in [6.45, 7) is 6.57. The van der Waals surface area contributed by atoms with E-state index >= 15 is 0 Å². The highest BCUT2D eigenvalue weighted by atomic mass is 35.5. The lowest BCUT2D eigenvalue weighted by atomic mass is 10.2. The second kappa shape index (κ2) is 8.08. The fourth-order valence-electron chi connectivity index (χ4n) is 2.23. The topological polar surface area (TPSA) is 80.0 Å². The number of nitrogens with zero attached hydrogens (tertiary/aromatic N) is 3. The van der Waals surface area contributed by atoms with Crippen LogP contribution in [0, 0.1) is 12.8 Å². The molecule has 0 aliphatic carbocycles. The van der Waals surface area contributed by atoms with Gasteiger partial charge in [0.05, 0.1) is 24.2 Å². The van der Waals surface area contributed by atoms with Crippen molar-refractivity contribution in [2.24, 2.45) is 5.92 Å². The molecule has 7 heteroatoms. The van der Waals surface area contributed by atoms with Gasteiger partial charge in [-0.1, -0.05) is 25.4 Å². The fraction of sp³-hybridized carbons (Fsp3) is 0.353. The van der Waals surface area contributed by atoms with E-state index in [0.717, 1.165) is 17.8 Å². The molecular weight excluding hydrogens is 328 g/mol. The first-order valence-corrected chi connectivity index (χ1v) is 8.06. The molecule has 0 unspecified atom stereocenters. The molecule has 1 amide bonds. The molecule has 2 aromatic heterocycles. The minimum absolute atomic E-state index is 0.172. The van der Waals surface area contributed by atoms with Crippen molar-refractivity contribution < 1.29 is 9.90 Å². The largest absolute Gasteiger partial charge is 0.392 e. The van der Waals surface area contributed by atoms with E-state index < -0.39 is 0 Å². The lowest BCUT2D eigenvalue weighted by Crippen LogP contribution is -2.10. The van der Waals surface area contributed by atoms with Gasteiger partial charge in [-0.15, -0.1) is 0 Å². The number of hydrogen-bond donors (Lipinski definition) is 2. The van der Waals surface area contributed by atoms with Crippen LogP contribution in [0.25, 0.3) is 6.08 Å². The van der Waals surface area contributed by atoms with Crippen LogP contribution in [0.15, 0.2) is 24.5 Å². The number of pyridine rings is 1. The Morgan fingerprint density at radius 1 is 1.50 bits per heavy atom. The Morgan fingerprint density at radius 2 is 2.25 bits per heavy atom. The minimum atomic E-state index is -0.329. The van der Waals surface area contributed by atoms with Gasteiger partial charge in [0.25, 0.3) is 0 Å². The number of aliphatic hydroxyl groups is 1. The molecule has 0 bridgehead atoms. The summed E-state index contributed by atoms with van der Waals surface area (Å²) < 4.78 is 1.74. The van der Waals surface area contributed by atoms with Gasteiger partial charge >= 0.3 is 0 Å². The summed E-state index contributed by atoms with van der Waals surface area (Å²) in [7, 11) is 0. The summed E-state index contributed by atoms with van der Waals surface area (Å²) >= 11 is 6.34. The molecule has 24 heavy (non-hydrogen) atoms. The molecule has 2 heterocycles. The van der Waals surface area contributed by atoms with Crippen LogP contribution in [0.1, 0.15) is 30.7 Å². The second-order valence-electron chi connectivity index (χ2n) is 5.88. The van der Waals surface area contributed by atoms with E-state index in [1.807, 2.05) is 6.92 Å². The van der Waals surface area contributed by atoms with Crippen LogP contribution >= 0.6 is 11.6 Å². The van der Waals surface area contributed by atoms with Gasteiger partial charge in [0.15, 0.2) is 0 Å². The van der Waals surface area contributed by atoms with E-state index in [1.165, 1.54) is 12.3 Å². The van der Waals surface area contributed by atoms with Crippen LogP contribution in [-0.2, 0) is 17.9 Å². The lowest BCUT2D eigenvalue weighted by molar-refractivity contribution is -0.111. The zero-order valence-corrected chi connectivity index (χ0v) is 14.7. The number of rotatable bonds is 6. The van der Waals surface area contributed by atoms with Gasteiger partial charge in [-0.05, 0) is 25.0 Å². The molecule has 0 saturated carbocycles. The molecule has 128 valence electrons. The van der Waals surface area contributed by atoms with E-state index in [-0.39, 0.29) is 12.5 Å². The Labute approximate surface area is 146 Å². The highest BCUT2D eigenvalue weighted by Crippen LogP contribution is 2.22. The second-order valence-corrected chi connectivity index (χ2v) is 6.24. The molecule has 6 nitrogen and oxygen atoms in total. The van der Waals surface area contributed by atoms with E-state index in [4.69, 9.17) is 11.6 Å². The van der Waals surface area contributed by atoms with Crippen molar-refractivity contribution in [3.63, 3.8) is 0 Å².